The first-order chi connectivity index (χ1) is 15.0. The van der Waals surface area contributed by atoms with Crippen LogP contribution in [0.4, 0.5) is 11.4 Å². The number of ether oxygens (including phenoxy) is 2. The Labute approximate surface area is 189 Å². The molecule has 8 heteroatoms. The summed E-state index contributed by atoms with van der Waals surface area (Å²) in [5, 5.41) is 4.00. The predicted molar refractivity (Wildman–Crippen MR) is 120 cm³/mol. The van der Waals surface area contributed by atoms with E-state index in [9.17, 15) is 9.59 Å². The molecule has 1 N–H and O–H groups in total. The molecule has 0 aliphatic carbocycles. The Morgan fingerprint density at radius 3 is 2.39 bits per heavy atom. The molecule has 0 unspecified atom stereocenters. The van der Waals surface area contributed by atoms with E-state index in [2.05, 4.69) is 5.32 Å². The quantitative estimate of drug-likeness (QED) is 0.570. The van der Waals surface area contributed by atoms with E-state index in [1.54, 1.807) is 59.5 Å². The molecule has 0 fully saturated rings. The number of hydrogen-bond acceptors (Lipinski definition) is 4. The van der Waals surface area contributed by atoms with E-state index < -0.39 is 0 Å². The Bertz CT molecular complexity index is 1100. The molecule has 0 radical (unpaired) electrons. The molecular formula is C23H18Cl2N2O4. The molecule has 31 heavy (non-hydrogen) atoms. The van der Waals surface area contributed by atoms with Crippen LogP contribution in [0.3, 0.4) is 0 Å². The average Bonchev–Trinajstić information content (AvgIpc) is 2.77. The molecule has 2 amide bonds. The van der Waals surface area contributed by atoms with Gasteiger partial charge < -0.3 is 19.7 Å². The summed E-state index contributed by atoms with van der Waals surface area (Å²) in [5.74, 6) is 0.612. The SMILES string of the molecule is O=C(COc1ccc(Cl)cc1)Nc1ccc2c(c1)N(Cc1ccc(Cl)cc1)C(=O)CO2. The van der Waals surface area contributed by atoms with Crippen molar-refractivity contribution in [3.8, 4) is 11.5 Å². The maximum atomic E-state index is 12.5. The van der Waals surface area contributed by atoms with Crippen LogP contribution < -0.4 is 19.7 Å². The molecule has 0 aromatic heterocycles. The molecule has 0 bridgehead atoms. The van der Waals surface area contributed by atoms with Crippen molar-refractivity contribution in [1.29, 1.82) is 0 Å². The number of carbonyl (C=O) groups is 2. The van der Waals surface area contributed by atoms with Gasteiger partial charge in [-0.1, -0.05) is 35.3 Å². The molecule has 0 spiro atoms. The lowest BCUT2D eigenvalue weighted by molar-refractivity contribution is -0.121. The number of nitrogens with zero attached hydrogens (tertiary/aromatic N) is 1. The zero-order valence-corrected chi connectivity index (χ0v) is 17.8. The number of carbonyl (C=O) groups excluding carboxylic acids is 2. The van der Waals surface area contributed by atoms with E-state index in [4.69, 9.17) is 32.7 Å². The Morgan fingerprint density at radius 2 is 1.68 bits per heavy atom. The maximum Gasteiger partial charge on any atom is 0.265 e. The second kappa shape index (κ2) is 9.29. The summed E-state index contributed by atoms with van der Waals surface area (Å²) in [5.41, 5.74) is 2.04. The third-order valence-electron chi connectivity index (χ3n) is 4.62. The van der Waals surface area contributed by atoms with Crippen LogP contribution in [0.5, 0.6) is 11.5 Å². The molecule has 4 rings (SSSR count). The van der Waals surface area contributed by atoms with Crippen LogP contribution in [0.15, 0.2) is 66.7 Å². The van der Waals surface area contributed by atoms with Crippen LogP contribution in [0.2, 0.25) is 10.0 Å². The Morgan fingerprint density at radius 1 is 1.00 bits per heavy atom. The van der Waals surface area contributed by atoms with Gasteiger partial charge >= 0.3 is 0 Å². The summed E-state index contributed by atoms with van der Waals surface area (Å²) in [7, 11) is 0. The Kier molecular flexibility index (Phi) is 6.30. The molecule has 3 aromatic carbocycles. The van der Waals surface area contributed by atoms with Crippen LogP contribution in [-0.4, -0.2) is 25.0 Å². The van der Waals surface area contributed by atoms with Gasteiger partial charge in [-0.25, -0.2) is 0 Å². The van der Waals surface area contributed by atoms with Crippen molar-refractivity contribution in [3.05, 3.63) is 82.3 Å². The van der Waals surface area contributed by atoms with Crippen LogP contribution >= 0.6 is 23.2 Å². The summed E-state index contributed by atoms with van der Waals surface area (Å²) in [6.45, 7) is 0.160. The summed E-state index contributed by atoms with van der Waals surface area (Å²) in [6, 6.07) is 19.2. The van der Waals surface area contributed by atoms with E-state index in [0.29, 0.717) is 39.5 Å². The van der Waals surface area contributed by atoms with Gasteiger partial charge in [-0.15, -0.1) is 0 Å². The minimum Gasteiger partial charge on any atom is -0.484 e. The van der Waals surface area contributed by atoms with Gasteiger partial charge in [-0.2, -0.15) is 0 Å². The average molecular weight is 457 g/mol. The van der Waals surface area contributed by atoms with Crippen LogP contribution in [0.1, 0.15) is 5.56 Å². The van der Waals surface area contributed by atoms with Gasteiger partial charge in [0.05, 0.1) is 12.2 Å². The Hall–Kier alpha value is -3.22. The number of amides is 2. The minimum atomic E-state index is -0.331. The molecule has 0 atom stereocenters. The summed E-state index contributed by atoms with van der Waals surface area (Å²) in [4.78, 5) is 26.4. The van der Waals surface area contributed by atoms with Gasteiger partial charge in [-0.3, -0.25) is 9.59 Å². The van der Waals surface area contributed by atoms with Gasteiger partial charge in [0, 0.05) is 15.7 Å². The van der Waals surface area contributed by atoms with Gasteiger partial charge in [0.1, 0.15) is 11.5 Å². The lowest BCUT2D eigenvalue weighted by Gasteiger charge is -2.30. The standard InChI is InChI=1S/C23H18Cl2N2O4/c24-16-3-1-15(2-4-16)12-27-20-11-18(7-10-21(20)31-14-23(27)29)26-22(28)13-30-19-8-5-17(25)6-9-19/h1-11H,12-14H2,(H,26,28). The lowest BCUT2D eigenvalue weighted by Crippen LogP contribution is -2.38. The van der Waals surface area contributed by atoms with Crippen LogP contribution in [-0.2, 0) is 16.1 Å². The zero-order chi connectivity index (χ0) is 21.8. The van der Waals surface area contributed by atoms with Gasteiger partial charge in [-0.05, 0) is 60.2 Å². The smallest absolute Gasteiger partial charge is 0.265 e. The number of fused-ring (bicyclic) bond motifs is 1. The number of halogens is 2. The highest BCUT2D eigenvalue weighted by Gasteiger charge is 2.26. The molecule has 6 nitrogen and oxygen atoms in total. The first kappa shape index (κ1) is 21.0. The molecule has 1 heterocycles. The summed E-state index contributed by atoms with van der Waals surface area (Å²) >= 11 is 11.8. The van der Waals surface area contributed by atoms with Crippen molar-refractivity contribution >= 4 is 46.4 Å². The molecular weight excluding hydrogens is 439 g/mol. The third-order valence-corrected chi connectivity index (χ3v) is 5.13. The molecule has 0 saturated heterocycles. The highest BCUT2D eigenvalue weighted by atomic mass is 35.5. The number of hydrogen-bond donors (Lipinski definition) is 1. The first-order valence-electron chi connectivity index (χ1n) is 9.48. The summed E-state index contributed by atoms with van der Waals surface area (Å²) in [6.07, 6.45) is 0. The van der Waals surface area contributed by atoms with Crippen molar-refractivity contribution in [3.63, 3.8) is 0 Å². The predicted octanol–water partition coefficient (Wildman–Crippen LogP) is 4.94. The monoisotopic (exact) mass is 456 g/mol. The Balaban J connectivity index is 1.46. The number of benzene rings is 3. The topological polar surface area (TPSA) is 67.9 Å². The maximum absolute atomic E-state index is 12.5. The molecule has 1 aliphatic rings. The molecule has 158 valence electrons. The second-order valence-corrected chi connectivity index (χ2v) is 7.74. The van der Waals surface area contributed by atoms with Crippen molar-refractivity contribution < 1.29 is 19.1 Å². The molecule has 3 aromatic rings. The zero-order valence-electron chi connectivity index (χ0n) is 16.3. The summed E-state index contributed by atoms with van der Waals surface area (Å²) < 4.78 is 11.0. The van der Waals surface area contributed by atoms with Gasteiger partial charge in [0.25, 0.3) is 11.8 Å². The second-order valence-electron chi connectivity index (χ2n) is 6.87. The van der Waals surface area contributed by atoms with Gasteiger partial charge in [0.15, 0.2) is 13.2 Å². The van der Waals surface area contributed by atoms with E-state index in [1.807, 2.05) is 12.1 Å². The number of nitrogens with one attached hydrogen (secondary N) is 1. The normalized spacial score (nSPS) is 12.7. The molecule has 0 saturated carbocycles. The fourth-order valence-corrected chi connectivity index (χ4v) is 3.35. The first-order valence-corrected chi connectivity index (χ1v) is 10.2. The van der Waals surface area contributed by atoms with Crippen LogP contribution in [0, 0.1) is 0 Å². The van der Waals surface area contributed by atoms with Gasteiger partial charge in [0.2, 0.25) is 0 Å². The van der Waals surface area contributed by atoms with Crippen molar-refractivity contribution in [2.75, 3.05) is 23.4 Å². The fourth-order valence-electron chi connectivity index (χ4n) is 3.10. The largest absolute Gasteiger partial charge is 0.484 e. The molecule has 1 aliphatic heterocycles. The number of rotatable bonds is 6. The van der Waals surface area contributed by atoms with E-state index in [-0.39, 0.29) is 25.0 Å². The van der Waals surface area contributed by atoms with E-state index in [1.165, 1.54) is 0 Å². The number of anilines is 2. The van der Waals surface area contributed by atoms with Crippen molar-refractivity contribution in [1.82, 2.24) is 0 Å². The third kappa shape index (κ3) is 5.29. The highest BCUT2D eigenvalue weighted by Crippen LogP contribution is 2.35. The van der Waals surface area contributed by atoms with Crippen LogP contribution in [0.25, 0.3) is 0 Å². The fraction of sp³-hybridized carbons (Fsp3) is 0.130. The highest BCUT2D eigenvalue weighted by molar-refractivity contribution is 6.30. The lowest BCUT2D eigenvalue weighted by atomic mass is 10.1. The van der Waals surface area contributed by atoms with Crippen molar-refractivity contribution in [2.24, 2.45) is 0 Å². The minimum absolute atomic E-state index is 0.0404. The van der Waals surface area contributed by atoms with E-state index >= 15 is 0 Å². The van der Waals surface area contributed by atoms with E-state index in [0.717, 1.165) is 5.56 Å². The van der Waals surface area contributed by atoms with Crippen molar-refractivity contribution in [2.45, 2.75) is 6.54 Å².